The van der Waals surface area contributed by atoms with Gasteiger partial charge in [-0.15, -0.1) is 0 Å². The molecule has 0 atom stereocenters. The number of piperazine rings is 1. The number of pyridine rings is 1. The van der Waals surface area contributed by atoms with Gasteiger partial charge < -0.3 is 20.4 Å². The maximum atomic E-state index is 12.8. The van der Waals surface area contributed by atoms with E-state index in [1.54, 1.807) is 6.20 Å². The summed E-state index contributed by atoms with van der Waals surface area (Å²) < 4.78 is 0. The summed E-state index contributed by atoms with van der Waals surface area (Å²) in [7, 11) is 0. The van der Waals surface area contributed by atoms with Gasteiger partial charge in [0.05, 0.1) is 11.2 Å². The molecule has 1 fully saturated rings. The van der Waals surface area contributed by atoms with E-state index in [1.165, 1.54) is 6.92 Å². The van der Waals surface area contributed by atoms with Crippen molar-refractivity contribution >= 4 is 39.9 Å². The molecule has 0 radical (unpaired) electrons. The first kappa shape index (κ1) is 18.7. The van der Waals surface area contributed by atoms with Crippen LogP contribution in [0.4, 0.5) is 21.9 Å². The number of amides is 3. The van der Waals surface area contributed by atoms with Crippen LogP contribution in [0, 0.1) is 0 Å². The number of benzene rings is 2. The van der Waals surface area contributed by atoms with Crippen LogP contribution in [0.3, 0.4) is 0 Å². The first-order valence-corrected chi connectivity index (χ1v) is 9.62. The van der Waals surface area contributed by atoms with Crippen LogP contribution in [-0.4, -0.2) is 48.0 Å². The first-order chi connectivity index (χ1) is 14.1. The molecule has 2 heterocycles. The molecule has 7 nitrogen and oxygen atoms in total. The Labute approximate surface area is 169 Å². The maximum absolute atomic E-state index is 12.8. The molecule has 1 aromatic heterocycles. The third kappa shape index (κ3) is 4.29. The van der Waals surface area contributed by atoms with E-state index in [1.807, 2.05) is 59.5 Å². The molecule has 1 saturated heterocycles. The van der Waals surface area contributed by atoms with E-state index in [4.69, 9.17) is 0 Å². The van der Waals surface area contributed by atoms with Crippen LogP contribution in [-0.2, 0) is 4.79 Å². The molecule has 0 bridgehead atoms. The Morgan fingerprint density at radius 2 is 1.69 bits per heavy atom. The lowest BCUT2D eigenvalue weighted by Gasteiger charge is -2.36. The summed E-state index contributed by atoms with van der Waals surface area (Å²) in [6.07, 6.45) is 1.73. The van der Waals surface area contributed by atoms with Crippen molar-refractivity contribution in [2.75, 3.05) is 41.7 Å². The number of hydrogen-bond acceptors (Lipinski definition) is 4. The number of nitrogens with zero attached hydrogens (tertiary/aromatic N) is 3. The second kappa shape index (κ2) is 8.18. The maximum Gasteiger partial charge on any atom is 0.322 e. The molecular weight excluding hydrogens is 366 g/mol. The smallest absolute Gasteiger partial charge is 0.322 e. The van der Waals surface area contributed by atoms with E-state index in [2.05, 4.69) is 20.5 Å². The molecule has 0 spiro atoms. The molecule has 0 aliphatic carbocycles. The summed E-state index contributed by atoms with van der Waals surface area (Å²) in [6, 6.07) is 17.3. The van der Waals surface area contributed by atoms with Gasteiger partial charge in [0.1, 0.15) is 0 Å². The molecular formula is C22H23N5O2. The minimum Gasteiger partial charge on any atom is -0.368 e. The van der Waals surface area contributed by atoms with Crippen LogP contribution in [0.5, 0.6) is 0 Å². The highest BCUT2D eigenvalue weighted by Crippen LogP contribution is 2.23. The Bertz CT molecular complexity index is 1040. The second-order valence-corrected chi connectivity index (χ2v) is 7.02. The molecule has 2 N–H and O–H groups in total. The number of nitrogens with one attached hydrogen (secondary N) is 2. The number of urea groups is 1. The molecule has 29 heavy (non-hydrogen) atoms. The van der Waals surface area contributed by atoms with E-state index < -0.39 is 0 Å². The van der Waals surface area contributed by atoms with Gasteiger partial charge >= 0.3 is 6.03 Å². The fourth-order valence-electron chi connectivity index (χ4n) is 3.55. The van der Waals surface area contributed by atoms with Gasteiger partial charge in [0.2, 0.25) is 5.91 Å². The largest absolute Gasteiger partial charge is 0.368 e. The number of para-hydroxylation sites is 1. The summed E-state index contributed by atoms with van der Waals surface area (Å²) in [5, 5.41) is 6.80. The van der Waals surface area contributed by atoms with Gasteiger partial charge in [-0.3, -0.25) is 9.78 Å². The Morgan fingerprint density at radius 3 is 2.48 bits per heavy atom. The van der Waals surface area contributed by atoms with Gasteiger partial charge in [0.15, 0.2) is 0 Å². The van der Waals surface area contributed by atoms with Crippen molar-refractivity contribution in [2.24, 2.45) is 0 Å². The fraction of sp³-hybridized carbons (Fsp3) is 0.227. The highest BCUT2D eigenvalue weighted by atomic mass is 16.2. The van der Waals surface area contributed by atoms with E-state index >= 15 is 0 Å². The zero-order chi connectivity index (χ0) is 20.2. The fourth-order valence-corrected chi connectivity index (χ4v) is 3.55. The first-order valence-electron chi connectivity index (χ1n) is 9.62. The number of carbonyl (C=O) groups excluding carboxylic acids is 2. The number of hydrogen-bond donors (Lipinski definition) is 2. The normalized spacial score (nSPS) is 14.0. The van der Waals surface area contributed by atoms with Crippen molar-refractivity contribution in [3.8, 4) is 0 Å². The van der Waals surface area contributed by atoms with Gasteiger partial charge in [0, 0.05) is 56.1 Å². The van der Waals surface area contributed by atoms with Crippen LogP contribution < -0.4 is 15.5 Å². The van der Waals surface area contributed by atoms with Crippen LogP contribution in [0.2, 0.25) is 0 Å². The monoisotopic (exact) mass is 389 g/mol. The molecule has 4 rings (SSSR count). The highest BCUT2D eigenvalue weighted by Gasteiger charge is 2.22. The lowest BCUT2D eigenvalue weighted by molar-refractivity contribution is -0.114. The van der Waals surface area contributed by atoms with E-state index in [9.17, 15) is 9.59 Å². The minimum atomic E-state index is -0.116. The lowest BCUT2D eigenvalue weighted by atomic mass is 10.2. The topological polar surface area (TPSA) is 77.6 Å². The molecule has 2 aromatic carbocycles. The van der Waals surface area contributed by atoms with Gasteiger partial charge in [-0.2, -0.15) is 0 Å². The van der Waals surface area contributed by atoms with E-state index in [0.717, 1.165) is 41.1 Å². The average Bonchev–Trinajstić information content (AvgIpc) is 2.74. The molecule has 3 aromatic rings. The quantitative estimate of drug-likeness (QED) is 0.718. The Kier molecular flexibility index (Phi) is 5.29. The Hall–Kier alpha value is -3.61. The van der Waals surface area contributed by atoms with E-state index in [-0.39, 0.29) is 11.9 Å². The Balaban J connectivity index is 1.39. The zero-order valence-corrected chi connectivity index (χ0v) is 16.3. The molecule has 7 heteroatoms. The summed E-state index contributed by atoms with van der Waals surface area (Å²) in [4.78, 5) is 32.4. The highest BCUT2D eigenvalue weighted by molar-refractivity contribution is 5.99. The zero-order valence-electron chi connectivity index (χ0n) is 16.3. The van der Waals surface area contributed by atoms with Crippen molar-refractivity contribution in [2.45, 2.75) is 6.92 Å². The van der Waals surface area contributed by atoms with Crippen LogP contribution in [0.1, 0.15) is 6.92 Å². The standard InChI is InChI=1S/C22H23N5O2/c1-16(28)24-18-7-3-8-19(15-18)26-11-13-27(14-12-26)22(29)25-20-9-2-5-17-6-4-10-23-21(17)20/h2-10,15H,11-14H2,1H3,(H,24,28)(H,25,29). The Morgan fingerprint density at radius 1 is 0.931 bits per heavy atom. The molecule has 3 amide bonds. The van der Waals surface area contributed by atoms with Crippen LogP contribution >= 0.6 is 0 Å². The molecule has 0 saturated carbocycles. The van der Waals surface area contributed by atoms with Crippen LogP contribution in [0.15, 0.2) is 60.8 Å². The molecule has 1 aliphatic heterocycles. The average molecular weight is 389 g/mol. The third-order valence-electron chi connectivity index (χ3n) is 4.97. The predicted molar refractivity (Wildman–Crippen MR) is 115 cm³/mol. The SMILES string of the molecule is CC(=O)Nc1cccc(N2CCN(C(=O)Nc3cccc4cccnc34)CC2)c1. The summed E-state index contributed by atoms with van der Waals surface area (Å²) in [6.45, 7) is 4.19. The summed E-state index contributed by atoms with van der Waals surface area (Å²) >= 11 is 0. The predicted octanol–water partition coefficient (Wildman–Crippen LogP) is 3.55. The van der Waals surface area contributed by atoms with Gasteiger partial charge in [-0.1, -0.05) is 24.3 Å². The van der Waals surface area contributed by atoms with Crippen molar-refractivity contribution in [1.29, 1.82) is 0 Å². The number of aromatic nitrogens is 1. The third-order valence-corrected chi connectivity index (χ3v) is 4.97. The number of carbonyl (C=O) groups is 2. The number of fused-ring (bicyclic) bond motifs is 1. The molecule has 148 valence electrons. The van der Waals surface area contributed by atoms with E-state index in [0.29, 0.717) is 13.1 Å². The molecule has 1 aliphatic rings. The lowest BCUT2D eigenvalue weighted by Crippen LogP contribution is -2.50. The minimum absolute atomic E-state index is 0.0911. The van der Waals surface area contributed by atoms with Crippen LogP contribution in [0.25, 0.3) is 10.9 Å². The second-order valence-electron chi connectivity index (χ2n) is 7.02. The van der Waals surface area contributed by atoms with Crippen molar-refractivity contribution in [3.63, 3.8) is 0 Å². The van der Waals surface area contributed by atoms with Gasteiger partial charge in [-0.25, -0.2) is 4.79 Å². The summed E-state index contributed by atoms with van der Waals surface area (Å²) in [5.41, 5.74) is 3.32. The van der Waals surface area contributed by atoms with Crippen molar-refractivity contribution < 1.29 is 9.59 Å². The molecule has 0 unspecified atom stereocenters. The van der Waals surface area contributed by atoms with Gasteiger partial charge in [-0.05, 0) is 30.3 Å². The van der Waals surface area contributed by atoms with Crippen molar-refractivity contribution in [1.82, 2.24) is 9.88 Å². The van der Waals surface area contributed by atoms with Crippen molar-refractivity contribution in [3.05, 3.63) is 60.8 Å². The summed E-state index contributed by atoms with van der Waals surface area (Å²) in [5.74, 6) is -0.0911. The van der Waals surface area contributed by atoms with Gasteiger partial charge in [0.25, 0.3) is 0 Å². The number of anilines is 3. The number of rotatable bonds is 3.